The molecule has 8 heteroatoms. The Hall–Kier alpha value is -3.56. The van der Waals surface area contributed by atoms with Crippen LogP contribution < -0.4 is 5.32 Å². The Morgan fingerprint density at radius 2 is 1.55 bits per heavy atom. The van der Waals surface area contributed by atoms with Crippen LogP contribution >= 0.6 is 0 Å². The lowest BCUT2D eigenvalue weighted by molar-refractivity contribution is -0.253. The van der Waals surface area contributed by atoms with Crippen molar-refractivity contribution in [2.75, 3.05) is 19.6 Å². The maximum Gasteiger partial charge on any atom is 0.303 e. The molecule has 3 N–H and O–H groups in total. The molecule has 234 valence electrons. The average Bonchev–Trinajstić information content (AvgIpc) is 3.06. The number of nitrogens with one attached hydrogen (secondary N) is 1. The topological polar surface area (TPSA) is 108 Å². The number of carboxylic acids is 1. The lowest BCUT2D eigenvalue weighted by Gasteiger charge is -2.39. The SMILES string of the molecule is O=C(O)CCCCC(=O)NCc1cccc(-c2cccc([C@H]3O[C@@H](CN4CCCCC4)C[C@@H](c4ccc(CO)cc4)O3)c2)c1. The highest BCUT2D eigenvalue weighted by Gasteiger charge is 2.33. The fourth-order valence-electron chi connectivity index (χ4n) is 6.04. The first-order valence-corrected chi connectivity index (χ1v) is 15.9. The first-order valence-electron chi connectivity index (χ1n) is 15.9. The maximum absolute atomic E-state index is 12.2. The molecule has 2 aliphatic rings. The third kappa shape index (κ3) is 9.22. The molecule has 0 aliphatic carbocycles. The van der Waals surface area contributed by atoms with Gasteiger partial charge in [0.05, 0.1) is 18.8 Å². The van der Waals surface area contributed by atoms with Crippen LogP contribution in [0.2, 0.25) is 0 Å². The molecule has 0 radical (unpaired) electrons. The third-order valence-corrected chi connectivity index (χ3v) is 8.48. The fraction of sp³-hybridized carbons (Fsp3) is 0.444. The van der Waals surface area contributed by atoms with E-state index < -0.39 is 12.3 Å². The van der Waals surface area contributed by atoms with Gasteiger partial charge in [0.15, 0.2) is 6.29 Å². The van der Waals surface area contributed by atoms with E-state index in [1.165, 1.54) is 19.3 Å². The van der Waals surface area contributed by atoms with Gasteiger partial charge in [0.2, 0.25) is 5.91 Å². The Kier molecular flexibility index (Phi) is 11.5. The van der Waals surface area contributed by atoms with E-state index >= 15 is 0 Å². The number of hydrogen-bond acceptors (Lipinski definition) is 6. The standard InChI is InChI=1S/C36H44N2O6/c39-25-26-14-16-28(17-15-26)33-22-32(24-38-18-4-1-5-19-38)43-36(44-33)31-11-7-10-30(21-31)29-9-6-8-27(20-29)23-37-34(40)12-2-3-13-35(41)42/h6-11,14-17,20-21,32-33,36,39H,1-5,12-13,18-19,22-25H2,(H,37,40)(H,41,42)/t32-,33+,36+/m1/s1. The van der Waals surface area contributed by atoms with Gasteiger partial charge in [-0.05, 0) is 78.7 Å². The number of ether oxygens (including phenoxy) is 2. The summed E-state index contributed by atoms with van der Waals surface area (Å²) in [6, 6.07) is 24.4. The molecule has 5 rings (SSSR count). The summed E-state index contributed by atoms with van der Waals surface area (Å²) in [5, 5.41) is 21.2. The van der Waals surface area contributed by atoms with Gasteiger partial charge in [-0.1, -0.05) is 67.1 Å². The van der Waals surface area contributed by atoms with Crippen LogP contribution in [0.5, 0.6) is 0 Å². The zero-order valence-electron chi connectivity index (χ0n) is 25.3. The van der Waals surface area contributed by atoms with E-state index in [-0.39, 0.29) is 31.1 Å². The van der Waals surface area contributed by atoms with Crippen LogP contribution in [0.15, 0.2) is 72.8 Å². The van der Waals surface area contributed by atoms with E-state index in [1.54, 1.807) is 0 Å². The molecule has 3 atom stereocenters. The minimum absolute atomic E-state index is 0.0179. The minimum atomic E-state index is -0.835. The van der Waals surface area contributed by atoms with Crippen LogP contribution in [0.3, 0.4) is 0 Å². The minimum Gasteiger partial charge on any atom is -0.481 e. The van der Waals surface area contributed by atoms with E-state index in [4.69, 9.17) is 14.6 Å². The highest BCUT2D eigenvalue weighted by Crippen LogP contribution is 2.39. The van der Waals surface area contributed by atoms with Gasteiger partial charge in [0.25, 0.3) is 0 Å². The van der Waals surface area contributed by atoms with E-state index in [1.807, 2.05) is 42.5 Å². The summed E-state index contributed by atoms with van der Waals surface area (Å²) in [4.78, 5) is 25.4. The molecule has 1 amide bonds. The third-order valence-electron chi connectivity index (χ3n) is 8.48. The highest BCUT2D eigenvalue weighted by atomic mass is 16.7. The van der Waals surface area contributed by atoms with Crippen LogP contribution in [0.1, 0.15) is 86.0 Å². The van der Waals surface area contributed by atoms with Gasteiger partial charge < -0.3 is 29.9 Å². The second-order valence-corrected chi connectivity index (χ2v) is 11.9. The van der Waals surface area contributed by atoms with Crippen molar-refractivity contribution in [3.8, 4) is 11.1 Å². The number of rotatable bonds is 13. The molecule has 0 aromatic heterocycles. The van der Waals surface area contributed by atoms with Crippen LogP contribution in [-0.4, -0.2) is 52.7 Å². The number of aliphatic hydroxyl groups is 1. The molecular formula is C36H44N2O6. The zero-order chi connectivity index (χ0) is 30.7. The Bertz CT molecular complexity index is 1370. The number of benzene rings is 3. The van der Waals surface area contributed by atoms with Crippen molar-refractivity contribution in [1.82, 2.24) is 10.2 Å². The number of nitrogens with zero attached hydrogens (tertiary/aromatic N) is 1. The van der Waals surface area contributed by atoms with Crippen molar-refractivity contribution < 1.29 is 29.3 Å². The van der Waals surface area contributed by atoms with Crippen molar-refractivity contribution in [2.24, 2.45) is 0 Å². The molecule has 0 bridgehead atoms. The van der Waals surface area contributed by atoms with Crippen molar-refractivity contribution in [3.05, 3.63) is 95.1 Å². The number of amides is 1. The Morgan fingerprint density at radius 3 is 2.30 bits per heavy atom. The second kappa shape index (κ2) is 16.0. The molecule has 44 heavy (non-hydrogen) atoms. The van der Waals surface area contributed by atoms with Crippen molar-refractivity contribution in [3.63, 3.8) is 0 Å². The van der Waals surface area contributed by atoms with Crippen molar-refractivity contribution in [2.45, 2.75) is 83.0 Å². The quantitative estimate of drug-likeness (QED) is 0.202. The normalized spacial score (nSPS) is 20.7. The number of carboxylic acid groups (broad SMARTS) is 1. The highest BCUT2D eigenvalue weighted by molar-refractivity contribution is 5.76. The van der Waals surface area contributed by atoms with Gasteiger partial charge in [-0.15, -0.1) is 0 Å². The number of carbonyl (C=O) groups is 2. The molecule has 2 aliphatic heterocycles. The Labute approximate surface area is 260 Å². The van der Waals surface area contributed by atoms with Crippen LogP contribution in [0.4, 0.5) is 0 Å². The molecule has 2 heterocycles. The molecular weight excluding hydrogens is 556 g/mol. The molecule has 0 unspecified atom stereocenters. The average molecular weight is 601 g/mol. The summed E-state index contributed by atoms with van der Waals surface area (Å²) < 4.78 is 13.2. The molecule has 0 saturated carbocycles. The van der Waals surface area contributed by atoms with Gasteiger partial charge in [-0.2, -0.15) is 0 Å². The predicted molar refractivity (Wildman–Crippen MR) is 169 cm³/mol. The summed E-state index contributed by atoms with van der Waals surface area (Å²) in [6.45, 7) is 3.54. The fourth-order valence-corrected chi connectivity index (χ4v) is 6.04. The number of likely N-dealkylation sites (tertiary alicyclic amines) is 1. The summed E-state index contributed by atoms with van der Waals surface area (Å²) in [6.07, 6.45) is 5.41. The number of hydrogen-bond donors (Lipinski definition) is 3. The molecule has 2 saturated heterocycles. The Morgan fingerprint density at radius 1 is 0.818 bits per heavy atom. The lowest BCUT2D eigenvalue weighted by atomic mass is 9.98. The van der Waals surface area contributed by atoms with E-state index in [9.17, 15) is 14.7 Å². The lowest BCUT2D eigenvalue weighted by Crippen LogP contribution is -2.41. The molecule has 8 nitrogen and oxygen atoms in total. The second-order valence-electron chi connectivity index (χ2n) is 11.9. The first-order chi connectivity index (χ1) is 21.5. The predicted octanol–water partition coefficient (Wildman–Crippen LogP) is 6.14. The maximum atomic E-state index is 12.2. The van der Waals surface area contributed by atoms with Crippen molar-refractivity contribution >= 4 is 11.9 Å². The molecule has 0 spiro atoms. The van der Waals surface area contributed by atoms with E-state index in [2.05, 4.69) is 40.5 Å². The van der Waals surface area contributed by atoms with Gasteiger partial charge in [-0.25, -0.2) is 0 Å². The molecule has 2 fully saturated rings. The molecule has 3 aromatic carbocycles. The van der Waals surface area contributed by atoms with Crippen LogP contribution in [0.25, 0.3) is 11.1 Å². The number of aliphatic hydroxyl groups excluding tert-OH is 1. The first kappa shape index (κ1) is 31.9. The van der Waals surface area contributed by atoms with Gasteiger partial charge >= 0.3 is 5.97 Å². The number of unbranched alkanes of at least 4 members (excludes halogenated alkanes) is 1. The zero-order valence-corrected chi connectivity index (χ0v) is 25.3. The van der Waals surface area contributed by atoms with Crippen molar-refractivity contribution in [1.29, 1.82) is 0 Å². The molecule has 3 aromatic rings. The smallest absolute Gasteiger partial charge is 0.303 e. The van der Waals surface area contributed by atoms with Gasteiger partial charge in [0, 0.05) is 37.9 Å². The van der Waals surface area contributed by atoms with Crippen LogP contribution in [-0.2, 0) is 32.2 Å². The number of piperidine rings is 1. The number of carbonyl (C=O) groups excluding carboxylic acids is 1. The van der Waals surface area contributed by atoms with E-state index in [0.29, 0.717) is 25.8 Å². The summed E-state index contributed by atoms with van der Waals surface area (Å²) in [5.41, 5.74) is 6.00. The summed E-state index contributed by atoms with van der Waals surface area (Å²) >= 11 is 0. The number of aliphatic carboxylic acids is 1. The van der Waals surface area contributed by atoms with Gasteiger partial charge in [0.1, 0.15) is 0 Å². The monoisotopic (exact) mass is 600 g/mol. The summed E-state index contributed by atoms with van der Waals surface area (Å²) in [5.74, 6) is -0.910. The van der Waals surface area contributed by atoms with E-state index in [0.717, 1.165) is 59.4 Å². The Balaban J connectivity index is 1.27. The van der Waals surface area contributed by atoms with Crippen LogP contribution in [0, 0.1) is 0 Å². The summed E-state index contributed by atoms with van der Waals surface area (Å²) in [7, 11) is 0. The largest absolute Gasteiger partial charge is 0.481 e. The van der Waals surface area contributed by atoms with Gasteiger partial charge in [-0.3, -0.25) is 9.59 Å².